The Balaban J connectivity index is 1.46. The molecule has 9 heteroatoms. The smallest absolute Gasteiger partial charge is 0.309 e. The van der Waals surface area contributed by atoms with Crippen molar-refractivity contribution in [3.05, 3.63) is 94.4 Å². The summed E-state index contributed by atoms with van der Waals surface area (Å²) in [6, 6.07) is 19.6. The van der Waals surface area contributed by atoms with E-state index in [-0.39, 0.29) is 24.6 Å². The minimum Gasteiger partial charge on any atom is -0.352 e. The van der Waals surface area contributed by atoms with E-state index in [2.05, 4.69) is 10.4 Å². The Bertz CT molecular complexity index is 1230. The van der Waals surface area contributed by atoms with Crippen molar-refractivity contribution in [2.24, 2.45) is 0 Å². The molecule has 0 aliphatic heterocycles. The number of para-hydroxylation sites is 1. The number of nitrogens with one attached hydrogen (secondary N) is 1. The quantitative estimate of drug-likeness (QED) is 0.339. The van der Waals surface area contributed by atoms with Crippen molar-refractivity contribution in [1.82, 2.24) is 24.9 Å². The van der Waals surface area contributed by atoms with Crippen molar-refractivity contribution >= 4 is 11.6 Å². The molecule has 1 amide bonds. The monoisotopic (exact) mass is 430 g/mol. The molecule has 0 spiro atoms. The Hall–Kier alpha value is -4.27. The summed E-state index contributed by atoms with van der Waals surface area (Å²) in [7, 11) is 0. The zero-order valence-corrected chi connectivity index (χ0v) is 17.5. The van der Waals surface area contributed by atoms with Crippen molar-refractivity contribution < 1.29 is 9.72 Å². The summed E-state index contributed by atoms with van der Waals surface area (Å²) >= 11 is 0. The number of carbonyl (C=O) groups is 1. The van der Waals surface area contributed by atoms with Gasteiger partial charge in [0.1, 0.15) is 11.9 Å². The van der Waals surface area contributed by atoms with Crippen molar-refractivity contribution in [3.63, 3.8) is 0 Å². The molecule has 4 aromatic rings. The Kier molecular flexibility index (Phi) is 6.07. The van der Waals surface area contributed by atoms with Gasteiger partial charge in [-0.1, -0.05) is 48.5 Å². The van der Waals surface area contributed by atoms with Crippen LogP contribution in [0.4, 0.5) is 5.69 Å². The van der Waals surface area contributed by atoms with Crippen LogP contribution in [-0.4, -0.2) is 30.4 Å². The zero-order chi connectivity index (χ0) is 22.5. The highest BCUT2D eigenvalue weighted by atomic mass is 16.6. The molecule has 1 N–H and O–H groups in total. The maximum Gasteiger partial charge on any atom is 0.309 e. The Morgan fingerprint density at radius 1 is 1.03 bits per heavy atom. The number of carbonyl (C=O) groups excluding carboxylic acids is 1. The van der Waals surface area contributed by atoms with E-state index < -0.39 is 4.92 Å². The summed E-state index contributed by atoms with van der Waals surface area (Å²) in [6.45, 7) is 2.15. The maximum absolute atomic E-state index is 12.4. The van der Waals surface area contributed by atoms with E-state index in [1.165, 1.54) is 10.9 Å². The molecule has 0 aliphatic rings. The Labute approximate surface area is 184 Å². The first-order chi connectivity index (χ1) is 15.5. The van der Waals surface area contributed by atoms with Crippen LogP contribution < -0.4 is 5.32 Å². The molecule has 0 bridgehead atoms. The lowest BCUT2D eigenvalue weighted by Gasteiger charge is -2.06. The lowest BCUT2D eigenvalue weighted by atomic mass is 10.1. The third kappa shape index (κ3) is 4.72. The number of rotatable bonds is 8. The van der Waals surface area contributed by atoms with Gasteiger partial charge in [0.25, 0.3) is 0 Å². The van der Waals surface area contributed by atoms with E-state index in [4.69, 9.17) is 5.10 Å². The van der Waals surface area contributed by atoms with Crippen LogP contribution in [0.3, 0.4) is 0 Å². The van der Waals surface area contributed by atoms with E-state index in [1.807, 2.05) is 66.9 Å². The molecular weight excluding hydrogens is 408 g/mol. The van der Waals surface area contributed by atoms with E-state index in [9.17, 15) is 14.9 Å². The van der Waals surface area contributed by atoms with Crippen LogP contribution >= 0.6 is 0 Å². The molecule has 2 heterocycles. The van der Waals surface area contributed by atoms with Gasteiger partial charge in [-0.25, -0.2) is 4.68 Å². The normalized spacial score (nSPS) is 10.8. The summed E-state index contributed by atoms with van der Waals surface area (Å²) in [4.78, 5) is 22.9. The standard InChI is InChI=1S/C23H22N6O3/c1-17-21(29(31)32)16-27(25-17)13-12-22(30)24-14-19-15-28(20-10-6-3-7-11-20)26-23(19)18-8-4-2-5-9-18/h2-11,15-16H,12-14H2,1H3,(H,24,30). The minimum atomic E-state index is -0.478. The van der Waals surface area contributed by atoms with E-state index in [0.29, 0.717) is 12.2 Å². The number of nitrogens with zero attached hydrogens (tertiary/aromatic N) is 5. The number of aromatic nitrogens is 4. The topological polar surface area (TPSA) is 108 Å². The molecule has 32 heavy (non-hydrogen) atoms. The van der Waals surface area contributed by atoms with Gasteiger partial charge in [0.15, 0.2) is 0 Å². The average Bonchev–Trinajstić information content (AvgIpc) is 3.41. The second-order valence-corrected chi connectivity index (χ2v) is 7.30. The van der Waals surface area contributed by atoms with Gasteiger partial charge < -0.3 is 5.32 Å². The first kappa shape index (κ1) is 21.0. The summed E-state index contributed by atoms with van der Waals surface area (Å²) in [5.41, 5.74) is 3.86. The lowest BCUT2D eigenvalue weighted by molar-refractivity contribution is -0.385. The highest BCUT2D eigenvalue weighted by molar-refractivity contribution is 5.76. The van der Waals surface area contributed by atoms with Gasteiger partial charge in [-0.3, -0.25) is 19.6 Å². The predicted molar refractivity (Wildman–Crippen MR) is 119 cm³/mol. The Morgan fingerprint density at radius 2 is 1.72 bits per heavy atom. The second-order valence-electron chi connectivity index (χ2n) is 7.30. The molecule has 2 aromatic heterocycles. The van der Waals surface area contributed by atoms with Crippen molar-refractivity contribution in [2.45, 2.75) is 26.4 Å². The van der Waals surface area contributed by atoms with Gasteiger partial charge >= 0.3 is 5.69 Å². The van der Waals surface area contributed by atoms with Crippen molar-refractivity contribution in [2.75, 3.05) is 0 Å². The van der Waals surface area contributed by atoms with Crippen LogP contribution in [0.1, 0.15) is 17.7 Å². The summed E-state index contributed by atoms with van der Waals surface area (Å²) in [5.74, 6) is -0.174. The molecule has 4 rings (SSSR count). The SMILES string of the molecule is Cc1nn(CCC(=O)NCc2cn(-c3ccccc3)nc2-c2ccccc2)cc1[N+](=O)[O-]. The lowest BCUT2D eigenvalue weighted by Crippen LogP contribution is -2.24. The molecule has 0 saturated carbocycles. The first-order valence-corrected chi connectivity index (χ1v) is 10.2. The number of aryl methyl sites for hydroxylation is 2. The van der Waals surface area contributed by atoms with Crippen LogP contribution in [-0.2, 0) is 17.9 Å². The van der Waals surface area contributed by atoms with Crippen LogP contribution in [0.15, 0.2) is 73.1 Å². The molecule has 0 saturated heterocycles. The molecule has 0 radical (unpaired) electrons. The van der Waals surface area contributed by atoms with Gasteiger partial charge in [0.05, 0.1) is 16.3 Å². The van der Waals surface area contributed by atoms with E-state index in [0.717, 1.165) is 22.5 Å². The number of hydrogen-bond acceptors (Lipinski definition) is 5. The summed E-state index contributed by atoms with van der Waals surface area (Å²) < 4.78 is 3.23. The highest BCUT2D eigenvalue weighted by Gasteiger charge is 2.16. The maximum atomic E-state index is 12.4. The van der Waals surface area contributed by atoms with Crippen molar-refractivity contribution in [3.8, 4) is 16.9 Å². The highest BCUT2D eigenvalue weighted by Crippen LogP contribution is 2.23. The number of amides is 1. The van der Waals surface area contributed by atoms with Gasteiger partial charge in [-0.15, -0.1) is 0 Å². The van der Waals surface area contributed by atoms with Crippen molar-refractivity contribution in [1.29, 1.82) is 0 Å². The van der Waals surface area contributed by atoms with Crippen LogP contribution in [0.25, 0.3) is 16.9 Å². The number of hydrogen-bond donors (Lipinski definition) is 1. The summed E-state index contributed by atoms with van der Waals surface area (Å²) in [5, 5.41) is 22.7. The van der Waals surface area contributed by atoms with Gasteiger partial charge in [-0.2, -0.15) is 10.2 Å². The first-order valence-electron chi connectivity index (χ1n) is 10.2. The second kappa shape index (κ2) is 9.25. The molecule has 2 aromatic carbocycles. The third-order valence-electron chi connectivity index (χ3n) is 5.02. The number of benzene rings is 2. The van der Waals surface area contributed by atoms with Crippen LogP contribution in [0.5, 0.6) is 0 Å². The predicted octanol–water partition coefficient (Wildman–Crippen LogP) is 3.66. The number of nitro groups is 1. The zero-order valence-electron chi connectivity index (χ0n) is 17.5. The molecule has 0 aliphatic carbocycles. The van der Waals surface area contributed by atoms with Crippen LogP contribution in [0, 0.1) is 17.0 Å². The fraction of sp³-hybridized carbons (Fsp3) is 0.174. The largest absolute Gasteiger partial charge is 0.352 e. The van der Waals surface area contributed by atoms with Crippen LogP contribution in [0.2, 0.25) is 0 Å². The van der Waals surface area contributed by atoms with Gasteiger partial charge in [-0.05, 0) is 19.1 Å². The molecular formula is C23H22N6O3. The third-order valence-corrected chi connectivity index (χ3v) is 5.02. The van der Waals surface area contributed by atoms with Gasteiger partial charge in [0, 0.05) is 36.8 Å². The van der Waals surface area contributed by atoms with E-state index in [1.54, 1.807) is 11.6 Å². The average molecular weight is 430 g/mol. The molecule has 0 fully saturated rings. The molecule has 0 atom stereocenters. The molecule has 9 nitrogen and oxygen atoms in total. The van der Waals surface area contributed by atoms with E-state index >= 15 is 0 Å². The molecule has 0 unspecified atom stereocenters. The summed E-state index contributed by atoms with van der Waals surface area (Å²) in [6.07, 6.45) is 3.42. The van der Waals surface area contributed by atoms with Gasteiger partial charge in [0.2, 0.25) is 5.91 Å². The minimum absolute atomic E-state index is 0.0498. The fourth-order valence-electron chi connectivity index (χ4n) is 3.39. The fourth-order valence-corrected chi connectivity index (χ4v) is 3.39. The Morgan fingerprint density at radius 3 is 2.38 bits per heavy atom. The molecule has 162 valence electrons.